The second kappa shape index (κ2) is 7.17. The molecule has 0 aliphatic rings. The van der Waals surface area contributed by atoms with Crippen LogP contribution in [-0.4, -0.2) is 23.4 Å². The molecular formula is C16H26N2O. The van der Waals surface area contributed by atoms with E-state index < -0.39 is 0 Å². The average molecular weight is 262 g/mol. The van der Waals surface area contributed by atoms with Crippen LogP contribution in [0.4, 0.5) is 5.69 Å². The van der Waals surface area contributed by atoms with Gasteiger partial charge in [-0.25, -0.2) is 0 Å². The molecule has 0 aromatic heterocycles. The van der Waals surface area contributed by atoms with Gasteiger partial charge in [-0.3, -0.25) is 4.79 Å². The van der Waals surface area contributed by atoms with Crippen LogP contribution < -0.4 is 5.73 Å². The number of unbranched alkanes of at least 4 members (excludes halogenated alkanes) is 2. The van der Waals surface area contributed by atoms with E-state index in [0.29, 0.717) is 11.3 Å². The summed E-state index contributed by atoms with van der Waals surface area (Å²) in [5.41, 5.74) is 8.20. The normalized spacial score (nSPS) is 10.8. The molecular weight excluding hydrogens is 236 g/mol. The Morgan fingerprint density at radius 3 is 2.58 bits per heavy atom. The number of carbonyl (C=O) groups is 1. The van der Waals surface area contributed by atoms with Crippen molar-refractivity contribution in [2.24, 2.45) is 0 Å². The first-order valence-electron chi connectivity index (χ1n) is 7.14. The Balaban J connectivity index is 2.89. The zero-order valence-corrected chi connectivity index (χ0v) is 12.6. The fourth-order valence-corrected chi connectivity index (χ4v) is 2.14. The van der Waals surface area contributed by atoms with Crippen LogP contribution in [0, 0.1) is 6.92 Å². The van der Waals surface area contributed by atoms with E-state index in [-0.39, 0.29) is 11.9 Å². The monoisotopic (exact) mass is 262 g/mol. The summed E-state index contributed by atoms with van der Waals surface area (Å²) >= 11 is 0. The van der Waals surface area contributed by atoms with E-state index in [0.717, 1.165) is 31.4 Å². The molecule has 0 fully saturated rings. The minimum atomic E-state index is 0.0484. The Morgan fingerprint density at radius 2 is 2.00 bits per heavy atom. The van der Waals surface area contributed by atoms with E-state index in [1.165, 1.54) is 0 Å². The van der Waals surface area contributed by atoms with Crippen molar-refractivity contribution >= 4 is 11.6 Å². The molecule has 0 radical (unpaired) electrons. The van der Waals surface area contributed by atoms with Crippen molar-refractivity contribution in [2.45, 2.75) is 53.0 Å². The third kappa shape index (κ3) is 4.27. The van der Waals surface area contributed by atoms with E-state index in [1.807, 2.05) is 30.0 Å². The summed E-state index contributed by atoms with van der Waals surface area (Å²) in [4.78, 5) is 14.5. The number of hydrogen-bond donors (Lipinski definition) is 1. The number of aryl methyl sites for hydroxylation is 1. The Kier molecular flexibility index (Phi) is 5.87. The predicted molar refractivity (Wildman–Crippen MR) is 81.3 cm³/mol. The zero-order valence-electron chi connectivity index (χ0n) is 12.6. The molecule has 106 valence electrons. The highest BCUT2D eigenvalue weighted by atomic mass is 16.2. The molecule has 2 N–H and O–H groups in total. The van der Waals surface area contributed by atoms with E-state index in [1.54, 1.807) is 0 Å². The molecule has 0 unspecified atom stereocenters. The maximum absolute atomic E-state index is 12.6. The molecule has 0 saturated heterocycles. The van der Waals surface area contributed by atoms with Crippen LogP contribution in [-0.2, 0) is 0 Å². The van der Waals surface area contributed by atoms with Crippen LogP contribution in [0.1, 0.15) is 56.0 Å². The second-order valence-corrected chi connectivity index (χ2v) is 5.39. The summed E-state index contributed by atoms with van der Waals surface area (Å²) < 4.78 is 0. The van der Waals surface area contributed by atoms with Crippen molar-refractivity contribution in [1.82, 2.24) is 4.90 Å². The Hall–Kier alpha value is -1.51. The molecule has 0 aliphatic heterocycles. The first-order chi connectivity index (χ1) is 8.97. The molecule has 19 heavy (non-hydrogen) atoms. The molecule has 3 heteroatoms. The van der Waals surface area contributed by atoms with E-state index >= 15 is 0 Å². The molecule has 1 aromatic carbocycles. The van der Waals surface area contributed by atoms with Crippen LogP contribution in [0.25, 0.3) is 0 Å². The standard InChI is InChI=1S/C16H26N2O/c1-5-6-7-10-18(12(2)3)16(19)14-11-13(4)8-9-15(14)17/h8-9,11-12H,5-7,10,17H2,1-4H3. The molecule has 1 aromatic rings. The van der Waals surface area contributed by atoms with Crippen LogP contribution in [0.2, 0.25) is 0 Å². The number of benzene rings is 1. The number of hydrogen-bond acceptors (Lipinski definition) is 2. The van der Waals surface area contributed by atoms with Crippen molar-refractivity contribution in [3.63, 3.8) is 0 Å². The number of nitrogen functional groups attached to an aromatic ring is 1. The van der Waals surface area contributed by atoms with Crippen molar-refractivity contribution in [2.75, 3.05) is 12.3 Å². The second-order valence-electron chi connectivity index (χ2n) is 5.39. The SMILES string of the molecule is CCCCCN(C(=O)c1cc(C)ccc1N)C(C)C. The van der Waals surface area contributed by atoms with Crippen LogP contribution in [0.15, 0.2) is 18.2 Å². The number of anilines is 1. The van der Waals surface area contributed by atoms with Crippen molar-refractivity contribution in [3.05, 3.63) is 29.3 Å². The van der Waals surface area contributed by atoms with Crippen LogP contribution >= 0.6 is 0 Å². The summed E-state index contributed by atoms with van der Waals surface area (Å²) in [7, 11) is 0. The van der Waals surface area contributed by atoms with Gasteiger partial charge in [-0.05, 0) is 39.3 Å². The highest BCUT2D eigenvalue weighted by Gasteiger charge is 2.20. The summed E-state index contributed by atoms with van der Waals surface area (Å²) in [6.07, 6.45) is 3.36. The summed E-state index contributed by atoms with van der Waals surface area (Å²) in [6, 6.07) is 5.83. The van der Waals surface area contributed by atoms with Gasteiger partial charge in [-0.1, -0.05) is 31.4 Å². The first kappa shape index (κ1) is 15.5. The largest absolute Gasteiger partial charge is 0.398 e. The number of rotatable bonds is 6. The van der Waals surface area contributed by atoms with Gasteiger partial charge in [-0.2, -0.15) is 0 Å². The highest BCUT2D eigenvalue weighted by Crippen LogP contribution is 2.18. The van der Waals surface area contributed by atoms with Gasteiger partial charge >= 0.3 is 0 Å². The maximum Gasteiger partial charge on any atom is 0.256 e. The van der Waals surface area contributed by atoms with Gasteiger partial charge in [0.1, 0.15) is 0 Å². The molecule has 1 rings (SSSR count). The minimum absolute atomic E-state index is 0.0484. The average Bonchev–Trinajstić information content (AvgIpc) is 2.36. The molecule has 0 aliphatic carbocycles. The van der Waals surface area contributed by atoms with Crippen LogP contribution in [0.5, 0.6) is 0 Å². The molecule has 1 amide bonds. The van der Waals surface area contributed by atoms with Gasteiger partial charge in [0.05, 0.1) is 5.56 Å². The summed E-state index contributed by atoms with van der Waals surface area (Å²) in [5.74, 6) is 0.0484. The fourth-order valence-electron chi connectivity index (χ4n) is 2.14. The zero-order chi connectivity index (χ0) is 14.4. The van der Waals surface area contributed by atoms with Gasteiger partial charge in [0.25, 0.3) is 5.91 Å². The molecule has 0 bridgehead atoms. The molecule has 0 atom stereocenters. The lowest BCUT2D eigenvalue weighted by molar-refractivity contribution is 0.0703. The minimum Gasteiger partial charge on any atom is -0.398 e. The number of carbonyl (C=O) groups excluding carboxylic acids is 1. The van der Waals surface area contributed by atoms with Gasteiger partial charge in [0.2, 0.25) is 0 Å². The molecule has 3 nitrogen and oxygen atoms in total. The van der Waals surface area contributed by atoms with E-state index in [2.05, 4.69) is 20.8 Å². The van der Waals surface area contributed by atoms with Crippen molar-refractivity contribution in [3.8, 4) is 0 Å². The Labute approximate surface area is 116 Å². The molecule has 0 spiro atoms. The summed E-state index contributed by atoms with van der Waals surface area (Å²) in [6.45, 7) is 9.05. The summed E-state index contributed by atoms with van der Waals surface area (Å²) in [5, 5.41) is 0. The third-order valence-corrected chi connectivity index (χ3v) is 3.33. The lowest BCUT2D eigenvalue weighted by Crippen LogP contribution is -2.38. The van der Waals surface area contributed by atoms with Crippen molar-refractivity contribution in [1.29, 1.82) is 0 Å². The highest BCUT2D eigenvalue weighted by molar-refractivity contribution is 5.99. The molecule has 0 heterocycles. The molecule has 0 saturated carbocycles. The van der Waals surface area contributed by atoms with E-state index in [4.69, 9.17) is 5.73 Å². The Bertz CT molecular complexity index is 427. The Morgan fingerprint density at radius 1 is 1.32 bits per heavy atom. The quantitative estimate of drug-likeness (QED) is 0.628. The fraction of sp³-hybridized carbons (Fsp3) is 0.562. The first-order valence-corrected chi connectivity index (χ1v) is 7.14. The topological polar surface area (TPSA) is 46.3 Å². The third-order valence-electron chi connectivity index (χ3n) is 3.33. The number of amides is 1. The number of nitrogens with two attached hydrogens (primary N) is 1. The van der Waals surface area contributed by atoms with E-state index in [9.17, 15) is 4.79 Å². The lowest BCUT2D eigenvalue weighted by Gasteiger charge is -2.27. The van der Waals surface area contributed by atoms with Gasteiger partial charge in [0, 0.05) is 18.3 Å². The lowest BCUT2D eigenvalue weighted by atomic mass is 10.1. The smallest absolute Gasteiger partial charge is 0.256 e. The van der Waals surface area contributed by atoms with Crippen LogP contribution in [0.3, 0.4) is 0 Å². The predicted octanol–water partition coefficient (Wildman–Crippen LogP) is 3.62. The van der Waals surface area contributed by atoms with Gasteiger partial charge in [0.15, 0.2) is 0 Å². The van der Waals surface area contributed by atoms with Crippen molar-refractivity contribution < 1.29 is 4.79 Å². The number of nitrogens with zero attached hydrogens (tertiary/aromatic N) is 1. The van der Waals surface area contributed by atoms with Gasteiger partial charge < -0.3 is 10.6 Å². The van der Waals surface area contributed by atoms with Gasteiger partial charge in [-0.15, -0.1) is 0 Å². The maximum atomic E-state index is 12.6.